The van der Waals surface area contributed by atoms with Crippen LogP contribution in [0.25, 0.3) is 0 Å². The molecule has 0 amide bonds. The van der Waals surface area contributed by atoms with Gasteiger partial charge in [0.05, 0.1) is 10.5 Å². The zero-order chi connectivity index (χ0) is 19.1. The zero-order valence-electron chi connectivity index (χ0n) is 13.3. The second kappa shape index (κ2) is 6.40. The Morgan fingerprint density at radius 2 is 1.62 bits per heavy atom. The van der Waals surface area contributed by atoms with E-state index in [1.54, 1.807) is 24.3 Å². The summed E-state index contributed by atoms with van der Waals surface area (Å²) < 4.78 is 66.2. The van der Waals surface area contributed by atoms with Crippen LogP contribution in [0.5, 0.6) is 0 Å². The molecule has 1 N–H and O–H groups in total. The van der Waals surface area contributed by atoms with Gasteiger partial charge in [0.15, 0.2) is 0 Å². The number of nitrogens with zero attached hydrogens (tertiary/aromatic N) is 1. The average molecular weight is 385 g/mol. The van der Waals surface area contributed by atoms with Crippen LogP contribution in [0.4, 0.5) is 13.2 Å². The molecule has 138 valence electrons. The van der Waals surface area contributed by atoms with Crippen LogP contribution in [0.15, 0.2) is 53.4 Å². The van der Waals surface area contributed by atoms with Gasteiger partial charge in [0.2, 0.25) is 10.0 Å². The van der Waals surface area contributed by atoms with E-state index in [0.29, 0.717) is 21.5 Å². The molecule has 1 heterocycles. The van der Waals surface area contributed by atoms with Crippen molar-refractivity contribution in [3.8, 4) is 0 Å². The molecular formula is C17H14F3NO4S. The minimum atomic E-state index is -4.88. The second-order valence-electron chi connectivity index (χ2n) is 5.87. The number of benzene rings is 2. The van der Waals surface area contributed by atoms with Crippen molar-refractivity contribution in [2.45, 2.75) is 30.1 Å². The maximum atomic E-state index is 13.2. The topological polar surface area (TPSA) is 74.7 Å². The number of sulfonamides is 1. The van der Waals surface area contributed by atoms with E-state index in [1.165, 1.54) is 6.07 Å². The third-order valence-corrected chi connectivity index (χ3v) is 6.18. The van der Waals surface area contributed by atoms with Crippen LogP contribution in [0.1, 0.15) is 16.7 Å². The van der Waals surface area contributed by atoms with Gasteiger partial charge in [0.1, 0.15) is 6.04 Å². The molecule has 0 fully saturated rings. The van der Waals surface area contributed by atoms with E-state index in [-0.39, 0.29) is 13.0 Å². The summed E-state index contributed by atoms with van der Waals surface area (Å²) >= 11 is 0. The third kappa shape index (κ3) is 3.19. The molecule has 3 rings (SSSR count). The number of carboxylic acid groups (broad SMARTS) is 1. The predicted molar refractivity (Wildman–Crippen MR) is 85.7 cm³/mol. The number of halogens is 3. The molecule has 0 spiro atoms. The lowest BCUT2D eigenvalue weighted by atomic mass is 9.96. The first-order valence-corrected chi connectivity index (χ1v) is 9.04. The summed E-state index contributed by atoms with van der Waals surface area (Å²) in [5.74, 6) is -1.41. The molecule has 0 aromatic heterocycles. The standard InChI is InChI=1S/C17H14F3NO4S/c18-17(19,20)13-7-3-4-8-15(13)26(24,25)21-10-12-6-2-1-5-11(12)9-14(21)16(22)23/h1-8,14H,9-10H2,(H,22,23). The fourth-order valence-corrected chi connectivity index (χ4v) is 4.79. The number of aliphatic carboxylic acids is 1. The SMILES string of the molecule is O=C(O)C1Cc2ccccc2CN1S(=O)(=O)c1ccccc1C(F)(F)F. The second-order valence-corrected chi connectivity index (χ2v) is 7.73. The maximum Gasteiger partial charge on any atom is 0.417 e. The van der Waals surface area contributed by atoms with Crippen molar-refractivity contribution in [3.63, 3.8) is 0 Å². The van der Waals surface area contributed by atoms with Crippen molar-refractivity contribution in [2.75, 3.05) is 0 Å². The van der Waals surface area contributed by atoms with Crippen molar-refractivity contribution in [2.24, 2.45) is 0 Å². The van der Waals surface area contributed by atoms with Gasteiger partial charge >= 0.3 is 12.1 Å². The van der Waals surface area contributed by atoms with Gasteiger partial charge in [-0.25, -0.2) is 8.42 Å². The molecule has 1 aliphatic heterocycles. The lowest BCUT2D eigenvalue weighted by Crippen LogP contribution is -2.48. The van der Waals surface area contributed by atoms with E-state index >= 15 is 0 Å². The van der Waals surface area contributed by atoms with E-state index in [1.807, 2.05) is 0 Å². The Labute approximate surface area is 147 Å². The first-order valence-electron chi connectivity index (χ1n) is 7.60. The van der Waals surface area contributed by atoms with Crippen LogP contribution < -0.4 is 0 Å². The molecule has 2 aromatic rings. The fourth-order valence-electron chi connectivity index (χ4n) is 3.01. The molecule has 26 heavy (non-hydrogen) atoms. The molecule has 9 heteroatoms. The minimum absolute atomic E-state index is 0.112. The van der Waals surface area contributed by atoms with Gasteiger partial charge in [-0.15, -0.1) is 0 Å². The smallest absolute Gasteiger partial charge is 0.417 e. The largest absolute Gasteiger partial charge is 0.480 e. The van der Waals surface area contributed by atoms with Gasteiger partial charge in [0, 0.05) is 13.0 Å². The van der Waals surface area contributed by atoms with Gasteiger partial charge in [-0.3, -0.25) is 4.79 Å². The molecule has 0 saturated heterocycles. The Morgan fingerprint density at radius 1 is 1.04 bits per heavy atom. The number of carboxylic acids is 1. The number of fused-ring (bicyclic) bond motifs is 1. The van der Waals surface area contributed by atoms with Gasteiger partial charge in [0.25, 0.3) is 0 Å². The summed E-state index contributed by atoms with van der Waals surface area (Å²) in [6.45, 7) is -0.304. The number of carbonyl (C=O) groups is 1. The van der Waals surface area contributed by atoms with Crippen LogP contribution in [0.3, 0.4) is 0 Å². The van der Waals surface area contributed by atoms with E-state index in [4.69, 9.17) is 0 Å². The van der Waals surface area contributed by atoms with E-state index < -0.39 is 38.7 Å². The molecule has 1 atom stereocenters. The van der Waals surface area contributed by atoms with E-state index in [9.17, 15) is 31.5 Å². The summed E-state index contributed by atoms with van der Waals surface area (Å²) in [6, 6.07) is 8.96. The summed E-state index contributed by atoms with van der Waals surface area (Å²) in [5, 5.41) is 9.45. The van der Waals surface area contributed by atoms with Crippen molar-refractivity contribution in [3.05, 3.63) is 65.2 Å². The fraction of sp³-hybridized carbons (Fsp3) is 0.235. The van der Waals surface area contributed by atoms with Gasteiger partial charge in [-0.05, 0) is 23.3 Å². The molecule has 0 saturated carbocycles. The Kier molecular flexibility index (Phi) is 4.53. The number of rotatable bonds is 3. The third-order valence-electron chi connectivity index (χ3n) is 4.27. The van der Waals surface area contributed by atoms with Crippen LogP contribution in [-0.2, 0) is 34.0 Å². The van der Waals surface area contributed by atoms with Gasteiger partial charge in [-0.2, -0.15) is 17.5 Å². The van der Waals surface area contributed by atoms with Gasteiger partial charge < -0.3 is 5.11 Å². The highest BCUT2D eigenvalue weighted by atomic mass is 32.2. The van der Waals surface area contributed by atoms with Crippen molar-refractivity contribution < 1.29 is 31.5 Å². The minimum Gasteiger partial charge on any atom is -0.480 e. The summed E-state index contributed by atoms with van der Waals surface area (Å²) in [5.41, 5.74) is -0.0866. The average Bonchev–Trinajstić information content (AvgIpc) is 2.59. The Bertz CT molecular complexity index is 956. The van der Waals surface area contributed by atoms with Crippen LogP contribution in [0.2, 0.25) is 0 Å². The predicted octanol–water partition coefficient (Wildman–Crippen LogP) is 2.91. The van der Waals surface area contributed by atoms with Crippen molar-refractivity contribution in [1.82, 2.24) is 4.31 Å². The Balaban J connectivity index is 2.14. The molecule has 2 aromatic carbocycles. The quantitative estimate of drug-likeness (QED) is 0.882. The number of hydrogen-bond donors (Lipinski definition) is 1. The maximum absolute atomic E-state index is 13.2. The zero-order valence-corrected chi connectivity index (χ0v) is 14.1. The van der Waals surface area contributed by atoms with Crippen LogP contribution in [0, 0.1) is 0 Å². The number of alkyl halides is 3. The van der Waals surface area contributed by atoms with E-state index in [0.717, 1.165) is 12.1 Å². The van der Waals surface area contributed by atoms with E-state index in [2.05, 4.69) is 0 Å². The highest BCUT2D eigenvalue weighted by Gasteiger charge is 2.44. The first-order chi connectivity index (χ1) is 12.1. The summed E-state index contributed by atoms with van der Waals surface area (Å²) in [7, 11) is -4.68. The molecule has 1 unspecified atom stereocenters. The lowest BCUT2D eigenvalue weighted by Gasteiger charge is -2.34. The molecule has 0 radical (unpaired) electrons. The molecule has 0 bridgehead atoms. The van der Waals surface area contributed by atoms with Crippen LogP contribution in [-0.4, -0.2) is 29.8 Å². The highest BCUT2D eigenvalue weighted by molar-refractivity contribution is 7.89. The normalized spacial score (nSPS) is 18.3. The monoisotopic (exact) mass is 385 g/mol. The summed E-state index contributed by atoms with van der Waals surface area (Å²) in [6.07, 6.45) is -4.99. The first kappa shape index (κ1) is 18.4. The van der Waals surface area contributed by atoms with Gasteiger partial charge in [-0.1, -0.05) is 36.4 Å². The van der Waals surface area contributed by atoms with Crippen LogP contribution >= 0.6 is 0 Å². The summed E-state index contributed by atoms with van der Waals surface area (Å²) in [4.78, 5) is 10.7. The van der Waals surface area contributed by atoms with Crippen molar-refractivity contribution >= 4 is 16.0 Å². The van der Waals surface area contributed by atoms with Crippen molar-refractivity contribution in [1.29, 1.82) is 0 Å². The molecule has 5 nitrogen and oxygen atoms in total. The number of hydrogen-bond acceptors (Lipinski definition) is 3. The highest BCUT2D eigenvalue weighted by Crippen LogP contribution is 2.37. The lowest BCUT2D eigenvalue weighted by molar-refractivity contribution is -0.141. The molecule has 0 aliphatic carbocycles. The Morgan fingerprint density at radius 3 is 2.23 bits per heavy atom. The molecule has 1 aliphatic rings. The molecular weight excluding hydrogens is 371 g/mol. The Hall–Kier alpha value is -2.39.